The van der Waals surface area contributed by atoms with Crippen LogP contribution in [0, 0.1) is 0 Å². The van der Waals surface area contributed by atoms with Gasteiger partial charge in [-0.15, -0.1) is 0 Å². The first-order valence-electron chi connectivity index (χ1n) is 7.13. The van der Waals surface area contributed by atoms with Gasteiger partial charge in [-0.25, -0.2) is 0 Å². The molecule has 0 aliphatic carbocycles. The van der Waals surface area contributed by atoms with E-state index in [-0.39, 0.29) is 5.91 Å². The molecule has 0 bridgehead atoms. The van der Waals surface area contributed by atoms with Crippen LogP contribution in [0.3, 0.4) is 0 Å². The molecule has 3 heteroatoms. The van der Waals surface area contributed by atoms with Gasteiger partial charge in [-0.2, -0.15) is 0 Å². The van der Waals surface area contributed by atoms with E-state index in [4.69, 9.17) is 0 Å². The second-order valence-corrected chi connectivity index (χ2v) is 5.44. The minimum absolute atomic E-state index is 0.0869. The van der Waals surface area contributed by atoms with Gasteiger partial charge in [-0.1, -0.05) is 44.2 Å². The Labute approximate surface area is 124 Å². The number of nitrogens with one attached hydrogen (secondary N) is 2. The number of hydrogen-bond donors (Lipinski definition) is 2. The Morgan fingerprint density at radius 1 is 1.05 bits per heavy atom. The van der Waals surface area contributed by atoms with Crippen LogP contribution in [-0.2, 0) is 0 Å². The molecule has 0 fully saturated rings. The molecular formula is C18H18N2O. The van der Waals surface area contributed by atoms with Crippen molar-refractivity contribution in [2.24, 2.45) is 0 Å². The average molecular weight is 278 g/mol. The third-order valence-electron chi connectivity index (χ3n) is 3.66. The molecule has 3 aromatic rings. The van der Waals surface area contributed by atoms with E-state index in [0.717, 1.165) is 22.2 Å². The smallest absolute Gasteiger partial charge is 0.257 e. The summed E-state index contributed by atoms with van der Waals surface area (Å²) >= 11 is 0. The Bertz CT molecular complexity index is 787. The highest BCUT2D eigenvalue weighted by Gasteiger charge is 2.13. The minimum atomic E-state index is -0.0869. The number of amides is 1. The molecule has 1 amide bonds. The summed E-state index contributed by atoms with van der Waals surface area (Å²) in [5.41, 5.74) is 3.55. The number of para-hydroxylation sites is 2. The number of benzene rings is 2. The van der Waals surface area contributed by atoms with E-state index in [1.807, 2.05) is 48.7 Å². The van der Waals surface area contributed by atoms with E-state index < -0.39 is 0 Å². The predicted octanol–water partition coefficient (Wildman–Crippen LogP) is 4.54. The van der Waals surface area contributed by atoms with Crippen molar-refractivity contribution in [2.45, 2.75) is 19.8 Å². The lowest BCUT2D eigenvalue weighted by Crippen LogP contribution is -2.14. The van der Waals surface area contributed by atoms with Gasteiger partial charge in [-0.3, -0.25) is 4.79 Å². The molecule has 106 valence electrons. The van der Waals surface area contributed by atoms with Crippen LogP contribution in [0.1, 0.15) is 35.7 Å². The highest BCUT2D eigenvalue weighted by atomic mass is 16.1. The van der Waals surface area contributed by atoms with Gasteiger partial charge in [0.15, 0.2) is 0 Å². The molecule has 0 saturated carbocycles. The van der Waals surface area contributed by atoms with Crippen LogP contribution in [0.15, 0.2) is 54.7 Å². The number of H-pyrrole nitrogens is 1. The van der Waals surface area contributed by atoms with Crippen LogP contribution >= 0.6 is 0 Å². The molecule has 0 spiro atoms. The second-order valence-electron chi connectivity index (χ2n) is 5.44. The molecule has 0 atom stereocenters. The molecule has 0 aliphatic heterocycles. The number of carbonyl (C=O) groups is 1. The number of aromatic nitrogens is 1. The first-order valence-corrected chi connectivity index (χ1v) is 7.13. The van der Waals surface area contributed by atoms with E-state index in [2.05, 4.69) is 30.2 Å². The fourth-order valence-corrected chi connectivity index (χ4v) is 2.58. The summed E-state index contributed by atoms with van der Waals surface area (Å²) in [4.78, 5) is 15.7. The topological polar surface area (TPSA) is 44.9 Å². The van der Waals surface area contributed by atoms with Crippen LogP contribution in [0.25, 0.3) is 10.9 Å². The van der Waals surface area contributed by atoms with Gasteiger partial charge < -0.3 is 10.3 Å². The summed E-state index contributed by atoms with van der Waals surface area (Å²) in [6.07, 6.45) is 1.85. The van der Waals surface area contributed by atoms with Crippen LogP contribution in [-0.4, -0.2) is 10.9 Å². The molecule has 0 aliphatic rings. The van der Waals surface area contributed by atoms with Crippen molar-refractivity contribution in [2.75, 3.05) is 5.32 Å². The van der Waals surface area contributed by atoms with Crippen LogP contribution < -0.4 is 5.32 Å². The summed E-state index contributed by atoms with van der Waals surface area (Å²) in [7, 11) is 0. The van der Waals surface area contributed by atoms with Crippen LogP contribution in [0.2, 0.25) is 0 Å². The highest BCUT2D eigenvalue weighted by Crippen LogP contribution is 2.25. The normalized spacial score (nSPS) is 11.0. The lowest BCUT2D eigenvalue weighted by atomic mass is 10.0. The Morgan fingerprint density at radius 2 is 1.86 bits per heavy atom. The van der Waals surface area contributed by atoms with E-state index >= 15 is 0 Å². The fraction of sp³-hybridized carbons (Fsp3) is 0.167. The number of aromatic amines is 1. The Kier molecular flexibility index (Phi) is 3.48. The van der Waals surface area contributed by atoms with Crippen LogP contribution in [0.4, 0.5) is 5.69 Å². The van der Waals surface area contributed by atoms with Crippen molar-refractivity contribution < 1.29 is 4.79 Å². The van der Waals surface area contributed by atoms with E-state index in [1.54, 1.807) is 0 Å². The van der Waals surface area contributed by atoms with Crippen molar-refractivity contribution in [1.29, 1.82) is 0 Å². The number of fused-ring (bicyclic) bond motifs is 1. The zero-order valence-corrected chi connectivity index (χ0v) is 12.2. The summed E-state index contributed by atoms with van der Waals surface area (Å²) in [6.45, 7) is 4.24. The lowest BCUT2D eigenvalue weighted by molar-refractivity contribution is 0.102. The quantitative estimate of drug-likeness (QED) is 0.725. The molecule has 21 heavy (non-hydrogen) atoms. The maximum absolute atomic E-state index is 12.6. The molecule has 3 nitrogen and oxygen atoms in total. The van der Waals surface area contributed by atoms with Gasteiger partial charge in [0, 0.05) is 17.3 Å². The zero-order valence-electron chi connectivity index (χ0n) is 12.2. The molecule has 1 heterocycles. The SMILES string of the molecule is CC(C)c1ccccc1NC(=O)c1cccc2cc[nH]c12. The summed E-state index contributed by atoms with van der Waals surface area (Å²) < 4.78 is 0. The third kappa shape index (κ3) is 2.55. The Hall–Kier alpha value is -2.55. The predicted molar refractivity (Wildman–Crippen MR) is 86.8 cm³/mol. The summed E-state index contributed by atoms with van der Waals surface area (Å²) in [6, 6.07) is 15.6. The number of anilines is 1. The van der Waals surface area contributed by atoms with Crippen molar-refractivity contribution in [3.63, 3.8) is 0 Å². The number of carbonyl (C=O) groups excluding carboxylic acids is 1. The van der Waals surface area contributed by atoms with Gasteiger partial charge in [0.1, 0.15) is 0 Å². The Morgan fingerprint density at radius 3 is 2.67 bits per heavy atom. The molecule has 2 aromatic carbocycles. The number of hydrogen-bond acceptors (Lipinski definition) is 1. The van der Waals surface area contributed by atoms with Crippen molar-refractivity contribution in [1.82, 2.24) is 4.98 Å². The highest BCUT2D eigenvalue weighted by molar-refractivity contribution is 6.12. The van der Waals surface area contributed by atoms with E-state index in [0.29, 0.717) is 11.5 Å². The van der Waals surface area contributed by atoms with Gasteiger partial charge in [0.05, 0.1) is 11.1 Å². The van der Waals surface area contributed by atoms with Gasteiger partial charge in [0.25, 0.3) is 5.91 Å². The molecule has 3 rings (SSSR count). The second kappa shape index (κ2) is 5.44. The molecule has 0 unspecified atom stereocenters. The van der Waals surface area contributed by atoms with Crippen molar-refractivity contribution in [3.8, 4) is 0 Å². The fourth-order valence-electron chi connectivity index (χ4n) is 2.58. The van der Waals surface area contributed by atoms with Gasteiger partial charge >= 0.3 is 0 Å². The largest absolute Gasteiger partial charge is 0.361 e. The monoisotopic (exact) mass is 278 g/mol. The van der Waals surface area contributed by atoms with Crippen LogP contribution in [0.5, 0.6) is 0 Å². The maximum atomic E-state index is 12.6. The van der Waals surface area contributed by atoms with E-state index in [1.165, 1.54) is 0 Å². The molecule has 0 saturated heterocycles. The lowest BCUT2D eigenvalue weighted by Gasteiger charge is -2.14. The summed E-state index contributed by atoms with van der Waals surface area (Å²) in [5, 5.41) is 4.07. The minimum Gasteiger partial charge on any atom is -0.361 e. The molecule has 0 radical (unpaired) electrons. The van der Waals surface area contributed by atoms with Crippen molar-refractivity contribution in [3.05, 3.63) is 65.9 Å². The van der Waals surface area contributed by atoms with Gasteiger partial charge in [-0.05, 0) is 29.7 Å². The average Bonchev–Trinajstić information content (AvgIpc) is 2.95. The maximum Gasteiger partial charge on any atom is 0.257 e. The zero-order chi connectivity index (χ0) is 14.8. The summed E-state index contributed by atoms with van der Waals surface area (Å²) in [5.74, 6) is 0.277. The first-order chi connectivity index (χ1) is 10.2. The molecule has 2 N–H and O–H groups in total. The van der Waals surface area contributed by atoms with Crippen molar-refractivity contribution >= 4 is 22.5 Å². The number of rotatable bonds is 3. The van der Waals surface area contributed by atoms with E-state index in [9.17, 15) is 4.79 Å². The molecular weight excluding hydrogens is 260 g/mol. The van der Waals surface area contributed by atoms with Gasteiger partial charge in [0.2, 0.25) is 0 Å². The molecule has 1 aromatic heterocycles. The first kappa shape index (κ1) is 13.4. The standard InChI is InChI=1S/C18H18N2O/c1-12(2)14-7-3-4-9-16(14)20-18(21)15-8-5-6-13-10-11-19-17(13)15/h3-12,19H,1-2H3,(H,20,21). The Balaban J connectivity index is 1.96. The third-order valence-corrected chi connectivity index (χ3v) is 3.66.